The molecule has 0 saturated carbocycles. The Morgan fingerprint density at radius 1 is 1.30 bits per heavy atom. The highest BCUT2D eigenvalue weighted by molar-refractivity contribution is 5.10. The van der Waals surface area contributed by atoms with E-state index in [1.807, 2.05) is 13.8 Å². The third-order valence-electron chi connectivity index (χ3n) is 2.05. The highest BCUT2D eigenvalue weighted by atomic mass is 14.2. The predicted molar refractivity (Wildman–Crippen MR) is 48.1 cm³/mol. The van der Waals surface area contributed by atoms with Crippen molar-refractivity contribution in [2.45, 2.75) is 41.0 Å². The van der Waals surface area contributed by atoms with E-state index >= 15 is 0 Å². The molecule has 1 aliphatic carbocycles. The molecule has 0 heteroatoms. The zero-order valence-electron chi connectivity index (χ0n) is 7.94. The number of hydrogen-bond donors (Lipinski definition) is 0. The third-order valence-corrected chi connectivity index (χ3v) is 2.05. The maximum absolute atomic E-state index is 2.38. The molecule has 0 radical (unpaired) electrons. The molecule has 1 aliphatic rings. The molecule has 2 unspecified atom stereocenters. The maximum atomic E-state index is 2.38. The van der Waals surface area contributed by atoms with Gasteiger partial charge in [-0.3, -0.25) is 0 Å². The Morgan fingerprint density at radius 2 is 1.80 bits per heavy atom. The van der Waals surface area contributed by atoms with Gasteiger partial charge in [0.05, 0.1) is 0 Å². The predicted octanol–water partition coefficient (Wildman–Crippen LogP) is 3.63. The van der Waals surface area contributed by atoms with Gasteiger partial charge in [0.25, 0.3) is 0 Å². The van der Waals surface area contributed by atoms with Crippen LogP contribution in [0.4, 0.5) is 0 Å². The minimum Gasteiger partial charge on any atom is -0.0825 e. The van der Waals surface area contributed by atoms with Crippen LogP contribution in [0.1, 0.15) is 41.0 Å². The van der Waals surface area contributed by atoms with Gasteiger partial charge < -0.3 is 0 Å². The lowest BCUT2D eigenvalue weighted by Gasteiger charge is -2.01. The fraction of sp³-hybridized carbons (Fsp3) is 0.800. The van der Waals surface area contributed by atoms with E-state index in [9.17, 15) is 0 Å². The third kappa shape index (κ3) is 2.55. The molecule has 0 spiro atoms. The molecule has 60 valence electrons. The van der Waals surface area contributed by atoms with Crippen molar-refractivity contribution in [1.29, 1.82) is 0 Å². The lowest BCUT2D eigenvalue weighted by molar-refractivity contribution is 0.577. The minimum absolute atomic E-state index is 0.838. The first kappa shape index (κ1) is 9.74. The quantitative estimate of drug-likeness (QED) is 0.451. The zero-order chi connectivity index (χ0) is 8.15. The molecule has 0 bridgehead atoms. The van der Waals surface area contributed by atoms with Crippen molar-refractivity contribution in [1.82, 2.24) is 0 Å². The zero-order valence-corrected chi connectivity index (χ0v) is 7.94. The van der Waals surface area contributed by atoms with Crippen LogP contribution in [0, 0.1) is 11.8 Å². The topological polar surface area (TPSA) is 0 Å². The minimum atomic E-state index is 0.838. The van der Waals surface area contributed by atoms with Crippen LogP contribution in [-0.4, -0.2) is 0 Å². The van der Waals surface area contributed by atoms with E-state index in [-0.39, 0.29) is 0 Å². The molecule has 0 aromatic carbocycles. The monoisotopic (exact) mass is 140 g/mol. The normalized spacial score (nSPS) is 30.7. The fourth-order valence-corrected chi connectivity index (χ4v) is 1.42. The maximum Gasteiger partial charge on any atom is -0.0229 e. The average Bonchev–Trinajstić information content (AvgIpc) is 2.16. The van der Waals surface area contributed by atoms with E-state index in [0.29, 0.717) is 0 Å². The Morgan fingerprint density at radius 3 is 1.90 bits per heavy atom. The highest BCUT2D eigenvalue weighted by Gasteiger charge is 2.15. The van der Waals surface area contributed by atoms with Gasteiger partial charge in [-0.2, -0.15) is 0 Å². The Hall–Kier alpha value is -0.260. The molecule has 0 aromatic rings. The summed E-state index contributed by atoms with van der Waals surface area (Å²) in [5.41, 5.74) is 1.58. The smallest absolute Gasteiger partial charge is 0.0229 e. The molecule has 0 aromatic heterocycles. The summed E-state index contributed by atoms with van der Waals surface area (Å²) >= 11 is 0. The second-order valence-corrected chi connectivity index (χ2v) is 3.02. The molecule has 0 nitrogen and oxygen atoms in total. The van der Waals surface area contributed by atoms with E-state index in [0.717, 1.165) is 11.8 Å². The van der Waals surface area contributed by atoms with Crippen LogP contribution in [0.2, 0.25) is 0 Å². The second-order valence-electron chi connectivity index (χ2n) is 3.02. The molecule has 10 heavy (non-hydrogen) atoms. The molecule has 0 fully saturated rings. The van der Waals surface area contributed by atoms with Crippen LogP contribution < -0.4 is 0 Å². The van der Waals surface area contributed by atoms with Crippen molar-refractivity contribution in [2.75, 3.05) is 0 Å². The van der Waals surface area contributed by atoms with Gasteiger partial charge in [-0.05, 0) is 25.2 Å². The number of allylic oxidation sites excluding steroid dienone is 2. The largest absolute Gasteiger partial charge is 0.0825 e. The van der Waals surface area contributed by atoms with E-state index in [1.165, 1.54) is 6.42 Å². The van der Waals surface area contributed by atoms with Crippen LogP contribution >= 0.6 is 0 Å². The Kier molecular flexibility index (Phi) is 4.42. The van der Waals surface area contributed by atoms with Gasteiger partial charge in [0.2, 0.25) is 0 Å². The summed E-state index contributed by atoms with van der Waals surface area (Å²) in [5.74, 6) is 1.69. The standard InChI is InChI=1S/C8H14.C2H6/c1-6-4-7(2)8(3)5-6;1-2/h4,6,8H,5H2,1-3H3;1-2H3. The average molecular weight is 140 g/mol. The molecule has 0 amide bonds. The van der Waals surface area contributed by atoms with Crippen molar-refractivity contribution in [3.05, 3.63) is 11.6 Å². The van der Waals surface area contributed by atoms with E-state index in [4.69, 9.17) is 0 Å². The van der Waals surface area contributed by atoms with Gasteiger partial charge in [-0.25, -0.2) is 0 Å². The Balaban J connectivity index is 0.000000371. The van der Waals surface area contributed by atoms with Gasteiger partial charge >= 0.3 is 0 Å². The summed E-state index contributed by atoms with van der Waals surface area (Å²) < 4.78 is 0. The van der Waals surface area contributed by atoms with Crippen LogP contribution in [0.15, 0.2) is 11.6 Å². The van der Waals surface area contributed by atoms with Crippen LogP contribution in [0.25, 0.3) is 0 Å². The van der Waals surface area contributed by atoms with Gasteiger partial charge in [-0.15, -0.1) is 0 Å². The van der Waals surface area contributed by atoms with Gasteiger partial charge in [-0.1, -0.05) is 39.3 Å². The van der Waals surface area contributed by atoms with Crippen molar-refractivity contribution < 1.29 is 0 Å². The van der Waals surface area contributed by atoms with Crippen LogP contribution in [0.5, 0.6) is 0 Å². The molecular weight excluding hydrogens is 120 g/mol. The lowest BCUT2D eigenvalue weighted by atomic mass is 10.0. The summed E-state index contributed by atoms with van der Waals surface area (Å²) in [5, 5.41) is 0. The molecule has 0 saturated heterocycles. The van der Waals surface area contributed by atoms with Crippen molar-refractivity contribution in [3.8, 4) is 0 Å². The highest BCUT2D eigenvalue weighted by Crippen LogP contribution is 2.28. The molecule has 0 aliphatic heterocycles. The fourth-order valence-electron chi connectivity index (χ4n) is 1.42. The SMILES string of the molecule is CC.CC1=CC(C)CC1C. The first-order chi connectivity index (χ1) is 4.70. The van der Waals surface area contributed by atoms with Gasteiger partial charge in [0, 0.05) is 0 Å². The molecule has 2 atom stereocenters. The summed E-state index contributed by atoms with van der Waals surface area (Å²) in [6, 6.07) is 0. The molecule has 0 N–H and O–H groups in total. The summed E-state index contributed by atoms with van der Waals surface area (Å²) in [6.45, 7) is 10.8. The summed E-state index contributed by atoms with van der Waals surface area (Å²) in [6.07, 6.45) is 3.75. The van der Waals surface area contributed by atoms with Crippen molar-refractivity contribution in [3.63, 3.8) is 0 Å². The first-order valence-electron chi connectivity index (χ1n) is 4.38. The van der Waals surface area contributed by atoms with Gasteiger partial charge in [0.1, 0.15) is 0 Å². The Labute approximate surface area is 65.3 Å². The Bertz CT molecular complexity index is 111. The molecular formula is C10H20. The summed E-state index contributed by atoms with van der Waals surface area (Å²) in [7, 11) is 0. The van der Waals surface area contributed by atoms with E-state index in [2.05, 4.69) is 26.8 Å². The first-order valence-corrected chi connectivity index (χ1v) is 4.38. The van der Waals surface area contributed by atoms with Crippen molar-refractivity contribution in [2.24, 2.45) is 11.8 Å². The van der Waals surface area contributed by atoms with Gasteiger partial charge in [0.15, 0.2) is 0 Å². The second kappa shape index (κ2) is 4.54. The molecule has 1 rings (SSSR count). The van der Waals surface area contributed by atoms with E-state index in [1.54, 1.807) is 5.57 Å². The summed E-state index contributed by atoms with van der Waals surface area (Å²) in [4.78, 5) is 0. The lowest BCUT2D eigenvalue weighted by Crippen LogP contribution is -1.89. The van der Waals surface area contributed by atoms with Crippen LogP contribution in [-0.2, 0) is 0 Å². The molecule has 0 heterocycles. The van der Waals surface area contributed by atoms with Crippen molar-refractivity contribution >= 4 is 0 Å². The number of rotatable bonds is 0. The van der Waals surface area contributed by atoms with Crippen LogP contribution in [0.3, 0.4) is 0 Å². The number of hydrogen-bond acceptors (Lipinski definition) is 0. The van der Waals surface area contributed by atoms with E-state index < -0.39 is 0 Å².